The molecule has 1 aliphatic heterocycles. The highest BCUT2D eigenvalue weighted by Crippen LogP contribution is 2.40. The number of carbonyl (C=O) groups excluding carboxylic acids is 2. The van der Waals surface area contributed by atoms with Gasteiger partial charge in [0.25, 0.3) is 5.91 Å². The lowest BCUT2D eigenvalue weighted by molar-refractivity contribution is -0.127. The Balaban J connectivity index is 1.60. The van der Waals surface area contributed by atoms with Crippen molar-refractivity contribution in [1.82, 2.24) is 10.6 Å². The van der Waals surface area contributed by atoms with Gasteiger partial charge in [-0.2, -0.15) is 0 Å². The van der Waals surface area contributed by atoms with E-state index in [9.17, 15) is 9.59 Å². The van der Waals surface area contributed by atoms with E-state index in [1.54, 1.807) is 26.0 Å². The molecule has 1 saturated carbocycles. The molecule has 146 valence electrons. The minimum atomic E-state index is -0.0579. The molecule has 2 aliphatic rings. The third kappa shape index (κ3) is 5.05. The van der Waals surface area contributed by atoms with Gasteiger partial charge in [0.15, 0.2) is 0 Å². The molecule has 1 aromatic rings. The summed E-state index contributed by atoms with van der Waals surface area (Å²) >= 11 is 1.63. The fraction of sp³-hybridized carbons (Fsp3) is 0.500. The maximum absolute atomic E-state index is 12.5. The Morgan fingerprint density at radius 1 is 1.30 bits per heavy atom. The van der Waals surface area contributed by atoms with E-state index in [2.05, 4.69) is 10.6 Å². The lowest BCUT2D eigenvalue weighted by Gasteiger charge is -2.39. The number of ether oxygens (including phenoxy) is 2. The molecule has 2 amide bonds. The molecular weight excluding hydrogens is 364 g/mol. The van der Waals surface area contributed by atoms with Crippen molar-refractivity contribution >= 4 is 29.7 Å². The van der Waals surface area contributed by atoms with Crippen LogP contribution in [0.4, 0.5) is 0 Å². The molecule has 0 bridgehead atoms. The van der Waals surface area contributed by atoms with Crippen LogP contribution in [0.5, 0.6) is 5.75 Å². The van der Waals surface area contributed by atoms with Gasteiger partial charge >= 0.3 is 0 Å². The first kappa shape index (κ1) is 19.8. The van der Waals surface area contributed by atoms with Crippen molar-refractivity contribution in [3.8, 4) is 5.75 Å². The monoisotopic (exact) mass is 390 g/mol. The van der Waals surface area contributed by atoms with Crippen molar-refractivity contribution < 1.29 is 19.1 Å². The summed E-state index contributed by atoms with van der Waals surface area (Å²) in [6.07, 6.45) is 4.37. The summed E-state index contributed by atoms with van der Waals surface area (Å²) in [6, 6.07) is 7.68. The second kappa shape index (κ2) is 9.28. The molecule has 3 atom stereocenters. The zero-order chi connectivity index (χ0) is 19.2. The van der Waals surface area contributed by atoms with Crippen molar-refractivity contribution in [1.29, 1.82) is 0 Å². The van der Waals surface area contributed by atoms with Gasteiger partial charge in [0.2, 0.25) is 5.91 Å². The molecule has 7 heteroatoms. The normalized spacial score (nSPS) is 26.2. The minimum absolute atomic E-state index is 0.0439. The number of amides is 2. The van der Waals surface area contributed by atoms with E-state index in [1.165, 1.54) is 0 Å². The van der Waals surface area contributed by atoms with Gasteiger partial charge in [-0.05, 0) is 43.0 Å². The lowest BCUT2D eigenvalue weighted by atomic mass is 9.84. The number of rotatable bonds is 6. The molecule has 3 unspecified atom stereocenters. The van der Waals surface area contributed by atoms with E-state index >= 15 is 0 Å². The number of nitrogens with one attached hydrogen (secondary N) is 2. The summed E-state index contributed by atoms with van der Waals surface area (Å²) in [7, 11) is 3.25. The number of hydrogen-bond donors (Lipinski definition) is 2. The van der Waals surface area contributed by atoms with Crippen molar-refractivity contribution in [3.05, 3.63) is 34.7 Å². The van der Waals surface area contributed by atoms with Crippen molar-refractivity contribution in [2.75, 3.05) is 27.4 Å². The molecule has 1 aromatic carbocycles. The molecule has 1 saturated heterocycles. The van der Waals surface area contributed by atoms with E-state index < -0.39 is 0 Å². The van der Waals surface area contributed by atoms with Crippen molar-refractivity contribution in [2.45, 2.75) is 30.6 Å². The molecule has 0 aromatic heterocycles. The number of thioether (sulfide) groups is 1. The molecule has 2 N–H and O–H groups in total. The molecule has 6 nitrogen and oxygen atoms in total. The first-order valence-electron chi connectivity index (χ1n) is 9.20. The minimum Gasteiger partial charge on any atom is -0.497 e. The molecule has 1 heterocycles. The summed E-state index contributed by atoms with van der Waals surface area (Å²) in [5.41, 5.74) is 0.970. The average Bonchev–Trinajstić information content (AvgIpc) is 2.69. The van der Waals surface area contributed by atoms with Crippen LogP contribution in [-0.4, -0.2) is 50.5 Å². The molecule has 0 radical (unpaired) electrons. The fourth-order valence-electron chi connectivity index (χ4n) is 3.50. The maximum Gasteiger partial charge on any atom is 0.257 e. The highest BCUT2D eigenvalue weighted by atomic mass is 32.2. The zero-order valence-electron chi connectivity index (χ0n) is 15.7. The van der Waals surface area contributed by atoms with Crippen LogP contribution in [0.25, 0.3) is 6.08 Å². The van der Waals surface area contributed by atoms with Gasteiger partial charge in [0.05, 0.1) is 18.6 Å². The van der Waals surface area contributed by atoms with Crippen LogP contribution in [0.1, 0.15) is 24.8 Å². The van der Waals surface area contributed by atoms with Gasteiger partial charge in [-0.25, -0.2) is 0 Å². The van der Waals surface area contributed by atoms with Crippen LogP contribution in [-0.2, 0) is 14.3 Å². The predicted molar refractivity (Wildman–Crippen MR) is 107 cm³/mol. The number of fused-ring (bicyclic) bond motifs is 1. The third-order valence-electron chi connectivity index (χ3n) is 5.00. The lowest BCUT2D eigenvalue weighted by Crippen LogP contribution is -2.51. The Hall–Kier alpha value is -1.99. The highest BCUT2D eigenvalue weighted by Gasteiger charge is 2.39. The molecule has 3 rings (SSSR count). The Morgan fingerprint density at radius 3 is 2.78 bits per heavy atom. The summed E-state index contributed by atoms with van der Waals surface area (Å²) in [4.78, 5) is 25.5. The largest absolute Gasteiger partial charge is 0.497 e. The van der Waals surface area contributed by atoms with Gasteiger partial charge in [0, 0.05) is 30.9 Å². The number of hydrogen-bond acceptors (Lipinski definition) is 5. The van der Waals surface area contributed by atoms with E-state index in [1.807, 2.05) is 30.3 Å². The summed E-state index contributed by atoms with van der Waals surface area (Å²) in [6.45, 7) is 1.03. The van der Waals surface area contributed by atoms with Crippen LogP contribution in [0, 0.1) is 5.92 Å². The molecular formula is C20H26N2O4S. The van der Waals surface area contributed by atoms with Gasteiger partial charge in [-0.3, -0.25) is 9.59 Å². The van der Waals surface area contributed by atoms with Crippen LogP contribution >= 0.6 is 11.8 Å². The highest BCUT2D eigenvalue weighted by molar-refractivity contribution is 8.04. The average molecular weight is 391 g/mol. The van der Waals surface area contributed by atoms with E-state index in [0.717, 1.165) is 29.1 Å². The third-order valence-corrected chi connectivity index (χ3v) is 6.42. The number of benzene rings is 1. The van der Waals surface area contributed by atoms with Crippen LogP contribution in [0.2, 0.25) is 0 Å². The van der Waals surface area contributed by atoms with E-state index in [0.29, 0.717) is 24.8 Å². The zero-order valence-corrected chi connectivity index (χ0v) is 16.5. The Bertz CT molecular complexity index is 704. The predicted octanol–water partition coefficient (Wildman–Crippen LogP) is 2.20. The first-order valence-corrected chi connectivity index (χ1v) is 10.1. The summed E-state index contributed by atoms with van der Waals surface area (Å²) in [5.74, 6) is 0.748. The van der Waals surface area contributed by atoms with Crippen LogP contribution in [0.15, 0.2) is 29.2 Å². The van der Waals surface area contributed by atoms with E-state index in [4.69, 9.17) is 9.47 Å². The second-order valence-electron chi connectivity index (χ2n) is 6.81. The van der Waals surface area contributed by atoms with Gasteiger partial charge in [-0.1, -0.05) is 12.1 Å². The van der Waals surface area contributed by atoms with Crippen molar-refractivity contribution in [2.24, 2.45) is 5.92 Å². The van der Waals surface area contributed by atoms with Crippen molar-refractivity contribution in [3.63, 3.8) is 0 Å². The first-order chi connectivity index (χ1) is 13.1. The Labute approximate surface area is 164 Å². The second-order valence-corrected chi connectivity index (χ2v) is 8.09. The summed E-state index contributed by atoms with van der Waals surface area (Å²) < 4.78 is 10.1. The standard InChI is InChI=1S/C20H26N2O4S/c1-25-10-9-21-19(23)14-5-8-17-16(12-14)22-20(24)18(27-17)11-13-3-6-15(26-2)7-4-13/h3-4,6-7,11,14,16-17H,5,8-10,12H2,1-2H3,(H,21,23)(H,22,24)/b18-11+. The quantitative estimate of drug-likeness (QED) is 0.575. The molecule has 2 fully saturated rings. The van der Waals surface area contributed by atoms with Gasteiger partial charge < -0.3 is 20.1 Å². The van der Waals surface area contributed by atoms with Gasteiger partial charge in [-0.15, -0.1) is 11.8 Å². The SMILES string of the molecule is COCCNC(=O)C1CCC2S/C(=C/c3ccc(OC)cc3)C(=O)NC2C1. The number of carbonyl (C=O) groups is 2. The summed E-state index contributed by atoms with van der Waals surface area (Å²) in [5, 5.41) is 6.33. The van der Waals surface area contributed by atoms with Crippen LogP contribution in [0.3, 0.4) is 0 Å². The smallest absolute Gasteiger partial charge is 0.257 e. The molecule has 1 aliphatic carbocycles. The van der Waals surface area contributed by atoms with Gasteiger partial charge in [0.1, 0.15) is 5.75 Å². The maximum atomic E-state index is 12.5. The Morgan fingerprint density at radius 2 is 2.07 bits per heavy atom. The van der Waals surface area contributed by atoms with E-state index in [-0.39, 0.29) is 23.8 Å². The Kier molecular flexibility index (Phi) is 6.79. The molecule has 0 spiro atoms. The molecule has 27 heavy (non-hydrogen) atoms. The number of methoxy groups -OCH3 is 2. The topological polar surface area (TPSA) is 76.7 Å². The fourth-order valence-corrected chi connectivity index (χ4v) is 4.80. The van der Waals surface area contributed by atoms with Crippen LogP contribution < -0.4 is 15.4 Å².